The van der Waals surface area contributed by atoms with Gasteiger partial charge in [-0.3, -0.25) is 24.0 Å². The Morgan fingerprint density at radius 3 is 1.73 bits per heavy atom. The van der Waals surface area contributed by atoms with Crippen LogP contribution in [-0.4, -0.2) is 92.1 Å². The van der Waals surface area contributed by atoms with Crippen LogP contribution in [0.3, 0.4) is 0 Å². The number of amides is 3. The monoisotopic (exact) mass is 452 g/mol. The number of hydrogen-bond acceptors (Lipinski definition) is 9. The maximum atomic E-state index is 12.4. The van der Waals surface area contributed by atoms with E-state index in [1.165, 1.54) is 0 Å². The summed E-state index contributed by atoms with van der Waals surface area (Å²) < 4.78 is 0. The molecule has 0 saturated carbocycles. The highest BCUT2D eigenvalue weighted by molar-refractivity contribution is 7.80. The number of nitrogens with two attached hydrogens (primary N) is 1. The maximum Gasteiger partial charge on any atom is 0.327 e. The van der Waals surface area contributed by atoms with Gasteiger partial charge in [0.1, 0.15) is 18.1 Å². The van der Waals surface area contributed by atoms with E-state index >= 15 is 0 Å². The van der Waals surface area contributed by atoms with Crippen LogP contribution in [0, 0.1) is 0 Å². The summed E-state index contributed by atoms with van der Waals surface area (Å²) in [5.74, 6) is -8.05. The van der Waals surface area contributed by atoms with Gasteiger partial charge in [0.25, 0.3) is 0 Å². The Bertz CT molecular complexity index is 686. The Morgan fingerprint density at radius 1 is 0.833 bits per heavy atom. The zero-order chi connectivity index (χ0) is 23.6. The second kappa shape index (κ2) is 12.6. The average Bonchev–Trinajstić information content (AvgIpc) is 2.61. The van der Waals surface area contributed by atoms with Crippen LogP contribution >= 0.6 is 12.6 Å². The molecule has 0 aliphatic heterocycles. The first-order valence-corrected chi connectivity index (χ1v) is 9.05. The van der Waals surface area contributed by atoms with E-state index in [1.54, 1.807) is 0 Å². The van der Waals surface area contributed by atoms with Gasteiger partial charge in [0.05, 0.1) is 25.0 Å². The zero-order valence-corrected chi connectivity index (χ0v) is 16.7. The zero-order valence-electron chi connectivity index (χ0n) is 15.8. The first kappa shape index (κ1) is 27.1. The van der Waals surface area contributed by atoms with Crippen LogP contribution in [0.5, 0.6) is 0 Å². The van der Waals surface area contributed by atoms with Crippen molar-refractivity contribution >= 4 is 48.3 Å². The summed E-state index contributed by atoms with van der Waals surface area (Å²) in [6.45, 7) is 1.11. The molecule has 0 rings (SSSR count). The largest absolute Gasteiger partial charge is 0.481 e. The number of rotatable bonds is 13. The SMILES string of the molecule is CC(O)C(NC(=O)C(CC(=O)O)NC(=O)C(N)CC(=O)O)C(=O)NC(CS)C(=O)O. The van der Waals surface area contributed by atoms with Crippen molar-refractivity contribution < 1.29 is 49.2 Å². The molecule has 5 atom stereocenters. The number of carboxylic acids is 3. The topological polar surface area (TPSA) is 245 Å². The van der Waals surface area contributed by atoms with Gasteiger partial charge in [0.15, 0.2) is 0 Å². The molecule has 0 aromatic rings. The van der Waals surface area contributed by atoms with Crippen LogP contribution in [0.2, 0.25) is 0 Å². The molecule has 0 spiro atoms. The first-order valence-electron chi connectivity index (χ1n) is 8.42. The third-order valence-corrected chi connectivity index (χ3v) is 3.97. The molecule has 0 aliphatic carbocycles. The lowest BCUT2D eigenvalue weighted by atomic mass is 10.1. The van der Waals surface area contributed by atoms with Gasteiger partial charge in [0, 0.05) is 5.75 Å². The molecule has 0 aromatic carbocycles. The molecule has 14 nitrogen and oxygen atoms in total. The lowest BCUT2D eigenvalue weighted by molar-refractivity contribution is -0.143. The van der Waals surface area contributed by atoms with Gasteiger partial charge >= 0.3 is 17.9 Å². The summed E-state index contributed by atoms with van der Waals surface area (Å²) >= 11 is 3.76. The number of aliphatic hydroxyl groups excluding tert-OH is 1. The molecule has 0 heterocycles. The van der Waals surface area contributed by atoms with E-state index in [0.29, 0.717) is 0 Å². The summed E-state index contributed by atoms with van der Waals surface area (Å²) in [5, 5.41) is 42.3. The van der Waals surface area contributed by atoms with Gasteiger partial charge < -0.3 is 42.1 Å². The standard InChI is InChI=1S/C15H24N4O10S/c1-5(20)11(14(27)18-8(4-30)15(28)29)19-13(26)7(3-10(23)24)17-12(25)6(16)2-9(21)22/h5-8,11,20,30H,2-4,16H2,1H3,(H,17,25)(H,18,27)(H,19,26)(H,21,22)(H,23,24)(H,28,29). The molecule has 0 aliphatic rings. The van der Waals surface area contributed by atoms with Crippen LogP contribution in [0.25, 0.3) is 0 Å². The van der Waals surface area contributed by atoms with Crippen molar-refractivity contribution in [2.75, 3.05) is 5.75 Å². The Kier molecular flexibility index (Phi) is 11.4. The van der Waals surface area contributed by atoms with Crippen molar-refractivity contribution in [3.8, 4) is 0 Å². The van der Waals surface area contributed by atoms with Gasteiger partial charge in [-0.1, -0.05) is 0 Å². The molecule has 170 valence electrons. The van der Waals surface area contributed by atoms with E-state index < -0.39 is 78.7 Å². The lowest BCUT2D eigenvalue weighted by Crippen LogP contribution is -2.60. The number of aliphatic carboxylic acids is 3. The van der Waals surface area contributed by atoms with Crippen LogP contribution in [-0.2, 0) is 28.8 Å². The van der Waals surface area contributed by atoms with E-state index in [1.807, 2.05) is 16.0 Å². The van der Waals surface area contributed by atoms with Crippen molar-refractivity contribution in [2.45, 2.75) is 50.0 Å². The summed E-state index contributed by atoms with van der Waals surface area (Å²) in [4.78, 5) is 69.1. The number of hydrogen-bond donors (Lipinski definition) is 9. The van der Waals surface area contributed by atoms with Crippen molar-refractivity contribution in [1.29, 1.82) is 0 Å². The normalized spacial score (nSPS) is 15.6. The molecule has 3 amide bonds. The van der Waals surface area contributed by atoms with Crippen molar-refractivity contribution in [1.82, 2.24) is 16.0 Å². The highest BCUT2D eigenvalue weighted by Crippen LogP contribution is 2.01. The molecule has 0 radical (unpaired) electrons. The third kappa shape index (κ3) is 9.53. The van der Waals surface area contributed by atoms with E-state index in [4.69, 9.17) is 21.1 Å². The Hall–Kier alpha value is -2.91. The molecule has 0 bridgehead atoms. The van der Waals surface area contributed by atoms with Crippen molar-refractivity contribution in [3.63, 3.8) is 0 Å². The minimum Gasteiger partial charge on any atom is -0.481 e. The summed E-state index contributed by atoms with van der Waals surface area (Å²) in [6.07, 6.45) is -3.26. The quantitative estimate of drug-likeness (QED) is 0.122. The highest BCUT2D eigenvalue weighted by atomic mass is 32.1. The van der Waals surface area contributed by atoms with Gasteiger partial charge in [-0.25, -0.2) is 4.79 Å². The Morgan fingerprint density at radius 2 is 1.33 bits per heavy atom. The second-order valence-electron chi connectivity index (χ2n) is 6.17. The molecular formula is C15H24N4O10S. The molecule has 5 unspecified atom stereocenters. The summed E-state index contributed by atoms with van der Waals surface area (Å²) in [7, 11) is 0. The van der Waals surface area contributed by atoms with Crippen LogP contribution < -0.4 is 21.7 Å². The summed E-state index contributed by atoms with van der Waals surface area (Å²) in [6, 6.07) is -6.46. The Balaban J connectivity index is 5.38. The van der Waals surface area contributed by atoms with Gasteiger partial charge in [0.2, 0.25) is 17.7 Å². The lowest BCUT2D eigenvalue weighted by Gasteiger charge is -2.25. The van der Waals surface area contributed by atoms with E-state index in [2.05, 4.69) is 12.6 Å². The fourth-order valence-corrected chi connectivity index (χ4v) is 2.30. The molecule has 0 fully saturated rings. The van der Waals surface area contributed by atoms with E-state index in [9.17, 15) is 33.9 Å². The highest BCUT2D eigenvalue weighted by Gasteiger charge is 2.33. The molecule has 9 N–H and O–H groups in total. The minimum absolute atomic E-state index is 0.291. The number of carbonyl (C=O) groups is 6. The number of aliphatic hydroxyl groups is 1. The van der Waals surface area contributed by atoms with Crippen LogP contribution in [0.15, 0.2) is 0 Å². The molecule has 0 aromatic heterocycles. The number of nitrogens with one attached hydrogen (secondary N) is 3. The first-order chi connectivity index (χ1) is 13.8. The van der Waals surface area contributed by atoms with Crippen LogP contribution in [0.1, 0.15) is 19.8 Å². The number of thiol groups is 1. The van der Waals surface area contributed by atoms with Gasteiger partial charge in [-0.2, -0.15) is 12.6 Å². The van der Waals surface area contributed by atoms with Gasteiger partial charge in [-0.05, 0) is 6.92 Å². The number of carbonyl (C=O) groups excluding carboxylic acids is 3. The predicted octanol–water partition coefficient (Wildman–Crippen LogP) is -3.89. The van der Waals surface area contributed by atoms with Gasteiger partial charge in [-0.15, -0.1) is 0 Å². The van der Waals surface area contributed by atoms with Crippen molar-refractivity contribution in [3.05, 3.63) is 0 Å². The Labute approximate surface area is 175 Å². The molecule has 15 heteroatoms. The third-order valence-electron chi connectivity index (χ3n) is 3.60. The second-order valence-corrected chi connectivity index (χ2v) is 6.54. The van der Waals surface area contributed by atoms with Crippen LogP contribution in [0.4, 0.5) is 0 Å². The van der Waals surface area contributed by atoms with E-state index in [0.717, 1.165) is 6.92 Å². The number of carboxylic acid groups (broad SMARTS) is 3. The van der Waals surface area contributed by atoms with E-state index in [-0.39, 0.29) is 5.75 Å². The minimum atomic E-state index is -1.76. The molecular weight excluding hydrogens is 428 g/mol. The fraction of sp³-hybridized carbons (Fsp3) is 0.600. The predicted molar refractivity (Wildman–Crippen MR) is 101 cm³/mol. The fourth-order valence-electron chi connectivity index (χ4n) is 2.05. The maximum absolute atomic E-state index is 12.4. The molecule has 30 heavy (non-hydrogen) atoms. The smallest absolute Gasteiger partial charge is 0.327 e. The molecule has 0 saturated heterocycles. The average molecular weight is 452 g/mol. The summed E-state index contributed by atoms with van der Waals surface area (Å²) in [5.41, 5.74) is 5.35. The van der Waals surface area contributed by atoms with Crippen molar-refractivity contribution in [2.24, 2.45) is 5.73 Å².